The lowest BCUT2D eigenvalue weighted by molar-refractivity contribution is -0.585. The zero-order valence-corrected chi connectivity index (χ0v) is 33.2. The predicted octanol–water partition coefficient (Wildman–Crippen LogP) is 6.19. The van der Waals surface area contributed by atoms with Gasteiger partial charge in [0.1, 0.15) is 52.7 Å². The number of rotatable bonds is 8. The number of carbonyl (C=O) groups excluding carboxylic acids is 2. The monoisotopic (exact) mass is 1060 g/mol. The molecule has 0 unspecified atom stereocenters. The third-order valence-electron chi connectivity index (χ3n) is 8.73. The van der Waals surface area contributed by atoms with E-state index in [1.54, 1.807) is 36.5 Å². The Balaban J connectivity index is 0.000000355. The topological polar surface area (TPSA) is 34.1 Å². The Kier molecular flexibility index (Phi) is 13.7. The van der Waals surface area contributed by atoms with Gasteiger partial charge in [0.25, 0.3) is 0 Å². The maximum Gasteiger partial charge on any atom is 0.381 e. The van der Waals surface area contributed by atoms with E-state index in [4.69, 9.17) is 0 Å². The van der Waals surface area contributed by atoms with E-state index in [-0.39, 0.29) is 32.8 Å². The van der Waals surface area contributed by atoms with Gasteiger partial charge in [-0.3, -0.25) is 9.59 Å². The first-order valence-electron chi connectivity index (χ1n) is 15.9. The van der Waals surface area contributed by atoms with Crippen LogP contribution in [0.3, 0.4) is 0 Å². The lowest BCUT2D eigenvalue weighted by atomic mass is 9.12. The number of hydrogen-bond donors (Lipinski definition) is 0. The van der Waals surface area contributed by atoms with Gasteiger partial charge in [-0.2, -0.15) is 0 Å². The molecule has 0 aliphatic rings. The number of thiophene rings is 2. The summed E-state index contributed by atoms with van der Waals surface area (Å²) in [5, 5.41) is 0. The number of Topliss-reactive ketones (excluding diaryl/α,β-unsaturated/α-hetero) is 2. The van der Waals surface area contributed by atoms with Crippen LogP contribution in [-0.4, -0.2) is 17.7 Å². The highest BCUT2D eigenvalue weighted by atomic mass is 127. The normalized spacial score (nSPS) is 11.6. The molecule has 0 saturated heterocycles. The van der Waals surface area contributed by atoms with Crippen molar-refractivity contribution in [3.63, 3.8) is 0 Å². The van der Waals surface area contributed by atoms with Crippen LogP contribution in [0, 0.1) is 122 Å². The highest BCUT2D eigenvalue weighted by molar-refractivity contribution is 7.20. The molecule has 0 atom stereocenters. The molecule has 2 heterocycles. The van der Waals surface area contributed by atoms with Crippen LogP contribution in [0.25, 0.3) is 0 Å². The van der Waals surface area contributed by atoms with E-state index in [1.165, 1.54) is 5.77 Å². The second-order valence-electron chi connectivity index (χ2n) is 12.2. The maximum atomic E-state index is 15.4. The van der Waals surface area contributed by atoms with E-state index in [9.17, 15) is 62.3 Å². The number of benzene rings is 4. The van der Waals surface area contributed by atoms with Crippen molar-refractivity contribution < 1.29 is 119 Å². The summed E-state index contributed by atoms with van der Waals surface area (Å²) in [7, 11) is 0. The molecule has 0 aliphatic heterocycles. The summed E-state index contributed by atoms with van der Waals surface area (Å²) in [5.41, 5.74) is -14.3. The first-order chi connectivity index (χ1) is 28.8. The second-order valence-corrected chi connectivity index (χ2v) is 18.7. The summed E-state index contributed by atoms with van der Waals surface area (Å²) in [6, 6.07) is 7.84. The lowest BCUT2D eigenvalue weighted by Crippen LogP contribution is -3.61. The van der Waals surface area contributed by atoms with Crippen LogP contribution < -0.4 is 43.1 Å². The highest BCUT2D eigenvalue weighted by Gasteiger charge is 2.52. The fraction of sp³-hybridized carbons (Fsp3) is 0.0556. The molecular formula is C36H10BF20IO2S2. The quantitative estimate of drug-likeness (QED) is 0.0456. The van der Waals surface area contributed by atoms with E-state index in [0.717, 1.165) is 9.75 Å². The Morgan fingerprint density at radius 3 is 0.677 bits per heavy atom. The minimum absolute atomic E-state index is 0.126. The van der Waals surface area contributed by atoms with E-state index in [2.05, 4.69) is 0 Å². The van der Waals surface area contributed by atoms with E-state index in [1.807, 2.05) is 24.3 Å². The summed E-state index contributed by atoms with van der Waals surface area (Å²) >= 11 is 2.90. The smallest absolute Gasteiger partial charge is 0.294 e. The van der Waals surface area contributed by atoms with Crippen LogP contribution >= 0.6 is 22.7 Å². The predicted molar refractivity (Wildman–Crippen MR) is 175 cm³/mol. The van der Waals surface area contributed by atoms with Crippen LogP contribution in [0.1, 0.15) is 33.2 Å². The Morgan fingerprint density at radius 1 is 0.339 bits per heavy atom. The third-order valence-corrected chi connectivity index (χ3v) is 14.8. The van der Waals surface area contributed by atoms with E-state index in [0.29, 0.717) is 0 Å². The van der Waals surface area contributed by atoms with Crippen LogP contribution in [0.5, 0.6) is 0 Å². The largest absolute Gasteiger partial charge is 0.381 e. The van der Waals surface area contributed by atoms with Crippen LogP contribution in [-0.2, 0) is 0 Å². The van der Waals surface area contributed by atoms with Gasteiger partial charge in [0.2, 0.25) is 5.77 Å². The Hall–Kier alpha value is -4.99. The van der Waals surface area contributed by atoms with Crippen molar-refractivity contribution in [1.29, 1.82) is 0 Å². The average Bonchev–Trinajstić information content (AvgIpc) is 3.91. The van der Waals surface area contributed by atoms with Gasteiger partial charge in [0, 0.05) is 12.1 Å². The second kappa shape index (κ2) is 17.6. The van der Waals surface area contributed by atoms with Gasteiger partial charge >= 0.3 is 21.2 Å². The summed E-state index contributed by atoms with van der Waals surface area (Å²) in [4.78, 5) is 24.0. The van der Waals surface area contributed by atoms with Gasteiger partial charge in [0.05, 0.1) is 9.75 Å². The molecule has 6 aromatic rings. The zero-order valence-electron chi connectivity index (χ0n) is 29.5. The van der Waals surface area contributed by atoms with Gasteiger partial charge in [-0.25, -0.2) is 87.8 Å². The molecule has 0 saturated carbocycles. The van der Waals surface area contributed by atoms with Gasteiger partial charge in [0.15, 0.2) is 81.4 Å². The molecular weight excluding hydrogens is 1050 g/mol. The van der Waals surface area contributed by atoms with Crippen LogP contribution in [0.2, 0.25) is 0 Å². The van der Waals surface area contributed by atoms with Gasteiger partial charge in [-0.1, -0.05) is 22.7 Å². The SMILES string of the molecule is CC(=O)c1ccc([I+]c2ccc(C(C)=O)s2)s1.Fc1c(F)c(F)c([B-](c2c(F)c(F)c(F)c(F)c2F)(c2c(F)c(F)c(F)c(F)c2F)c2c(F)c(F)c(F)c(F)c2F)c(F)c1F. The molecule has 4 aromatic carbocycles. The minimum atomic E-state index is -7.22. The maximum absolute atomic E-state index is 15.4. The average molecular weight is 1060 g/mol. The molecule has 0 N–H and O–H groups in total. The molecule has 328 valence electrons. The Bertz CT molecular complexity index is 2430. The third kappa shape index (κ3) is 7.63. The molecule has 0 amide bonds. The number of ketones is 2. The Labute approximate surface area is 349 Å². The first kappa shape index (κ1) is 48.1. The zero-order chi connectivity index (χ0) is 46.8. The lowest BCUT2D eigenvalue weighted by Gasteiger charge is -2.44. The number of halogens is 21. The molecule has 0 spiro atoms. The van der Waals surface area contributed by atoms with Gasteiger partial charge < -0.3 is 0 Å². The van der Waals surface area contributed by atoms with Gasteiger partial charge in [-0.05, 0) is 26.0 Å². The first-order valence-corrected chi connectivity index (χ1v) is 19.6. The van der Waals surface area contributed by atoms with Crippen molar-refractivity contribution in [2.45, 2.75) is 13.8 Å². The summed E-state index contributed by atoms with van der Waals surface area (Å²) in [6.07, 6.45) is -7.22. The molecule has 26 heteroatoms. The van der Waals surface area contributed by atoms with Crippen molar-refractivity contribution in [3.05, 3.63) is 156 Å². The number of hydrogen-bond acceptors (Lipinski definition) is 4. The van der Waals surface area contributed by atoms with E-state index >= 15 is 35.1 Å². The standard InChI is InChI=1S/C24BF20.C12H10IO2S2/c26-5-1(6(27)14(35)21(42)13(5)34)25(2-7(28)15(36)22(43)16(37)8(2)29,3-9(30)17(38)23(44)18(39)10(3)31)4-11(32)19(40)24(45)20(41)12(4)33;1-7(14)9-3-5-11(16-9)13-12-6-4-10(17-12)8(2)15/h;3-6H,1-2H3/q-1;+1. The minimum Gasteiger partial charge on any atom is -0.294 e. The summed E-state index contributed by atoms with van der Waals surface area (Å²) < 4.78 is 296. The molecule has 0 bridgehead atoms. The van der Waals surface area contributed by atoms with Crippen molar-refractivity contribution in [1.82, 2.24) is 0 Å². The fourth-order valence-corrected chi connectivity index (χ4v) is 12.2. The van der Waals surface area contributed by atoms with Crippen molar-refractivity contribution in [2.75, 3.05) is 0 Å². The molecule has 0 radical (unpaired) electrons. The van der Waals surface area contributed by atoms with Crippen LogP contribution in [0.4, 0.5) is 87.8 Å². The summed E-state index contributed by atoms with van der Waals surface area (Å²) in [5.74, 6) is -71.2. The fourth-order valence-electron chi connectivity index (χ4n) is 6.07. The Morgan fingerprint density at radius 2 is 0.516 bits per heavy atom. The molecule has 6 rings (SSSR count). The molecule has 0 aliphatic carbocycles. The summed E-state index contributed by atoms with van der Waals surface area (Å²) in [6.45, 7) is 3.18. The molecule has 2 nitrogen and oxygen atoms in total. The van der Waals surface area contributed by atoms with Crippen LogP contribution in [0.15, 0.2) is 24.3 Å². The number of carbonyl (C=O) groups is 2. The van der Waals surface area contributed by atoms with Crippen molar-refractivity contribution in [3.8, 4) is 0 Å². The molecule has 2 aromatic heterocycles. The van der Waals surface area contributed by atoms with Gasteiger partial charge in [-0.15, -0.1) is 21.9 Å². The molecule has 0 fully saturated rings. The van der Waals surface area contributed by atoms with Crippen molar-refractivity contribution in [2.24, 2.45) is 0 Å². The van der Waals surface area contributed by atoms with E-state index < -0.39 is 144 Å². The molecule has 62 heavy (non-hydrogen) atoms. The van der Waals surface area contributed by atoms with Crippen molar-refractivity contribution >= 4 is 62.2 Å². The highest BCUT2D eigenvalue weighted by Crippen LogP contribution is 2.31.